The molecule has 1 aliphatic rings. The zero-order valence-corrected chi connectivity index (χ0v) is 13.6. The van der Waals surface area contributed by atoms with Crippen LogP contribution in [0.5, 0.6) is 0 Å². The summed E-state index contributed by atoms with van der Waals surface area (Å²) in [4.78, 5) is 13.9. The molecule has 2 rings (SSSR count). The van der Waals surface area contributed by atoms with Crippen LogP contribution in [0.3, 0.4) is 0 Å². The normalized spacial score (nSPS) is 17.6. The molecule has 0 saturated heterocycles. The Morgan fingerprint density at radius 1 is 1.48 bits per heavy atom. The SMILES string of the molecule is CCNC1C(=O)Nc2cc(N(C)CC(C)(C)O)c(Cl)cc21. The van der Waals surface area contributed by atoms with E-state index in [0.29, 0.717) is 18.1 Å². The topological polar surface area (TPSA) is 64.6 Å². The van der Waals surface area contributed by atoms with Crippen LogP contribution < -0.4 is 15.5 Å². The first kappa shape index (κ1) is 16.1. The number of aliphatic hydroxyl groups is 1. The Morgan fingerprint density at radius 2 is 2.14 bits per heavy atom. The fraction of sp³-hybridized carbons (Fsp3) is 0.533. The molecule has 1 amide bonds. The maximum Gasteiger partial charge on any atom is 0.246 e. The van der Waals surface area contributed by atoms with Gasteiger partial charge in [-0.2, -0.15) is 0 Å². The lowest BCUT2D eigenvalue weighted by molar-refractivity contribution is -0.117. The number of benzene rings is 1. The molecule has 1 unspecified atom stereocenters. The molecule has 116 valence electrons. The molecule has 21 heavy (non-hydrogen) atoms. The number of amides is 1. The van der Waals surface area contributed by atoms with E-state index in [1.807, 2.05) is 31.0 Å². The number of halogens is 1. The third-order valence-electron chi connectivity index (χ3n) is 3.39. The summed E-state index contributed by atoms with van der Waals surface area (Å²) in [5.74, 6) is -0.0646. The number of nitrogens with one attached hydrogen (secondary N) is 2. The average molecular weight is 312 g/mol. The van der Waals surface area contributed by atoms with Gasteiger partial charge in [-0.05, 0) is 32.5 Å². The van der Waals surface area contributed by atoms with Gasteiger partial charge in [-0.1, -0.05) is 18.5 Å². The van der Waals surface area contributed by atoms with Crippen LogP contribution in [0.4, 0.5) is 11.4 Å². The molecule has 1 aromatic rings. The Bertz CT molecular complexity index is 555. The van der Waals surface area contributed by atoms with E-state index in [0.717, 1.165) is 16.9 Å². The molecule has 0 aromatic heterocycles. The van der Waals surface area contributed by atoms with Gasteiger partial charge in [-0.25, -0.2) is 0 Å². The van der Waals surface area contributed by atoms with Crippen LogP contribution in [0.25, 0.3) is 0 Å². The standard InChI is InChI=1S/C15H22ClN3O2/c1-5-17-13-9-6-10(16)12(7-11(9)18-14(13)20)19(4)8-15(2,3)21/h6-7,13,17,21H,5,8H2,1-4H3,(H,18,20). The van der Waals surface area contributed by atoms with Gasteiger partial charge in [-0.15, -0.1) is 0 Å². The predicted octanol–water partition coefficient (Wildman–Crippen LogP) is 2.15. The summed E-state index contributed by atoms with van der Waals surface area (Å²) in [5.41, 5.74) is 1.60. The number of likely N-dealkylation sites (N-methyl/N-ethyl adjacent to an activating group) is 2. The molecule has 3 N–H and O–H groups in total. The molecule has 1 aromatic carbocycles. The second-order valence-electron chi connectivity index (χ2n) is 6.04. The lowest BCUT2D eigenvalue weighted by Crippen LogP contribution is -2.36. The smallest absolute Gasteiger partial charge is 0.246 e. The molecule has 0 bridgehead atoms. The summed E-state index contributed by atoms with van der Waals surface area (Å²) in [5, 5.41) is 16.5. The number of hydrogen-bond acceptors (Lipinski definition) is 4. The van der Waals surface area contributed by atoms with E-state index in [9.17, 15) is 9.90 Å². The summed E-state index contributed by atoms with van der Waals surface area (Å²) < 4.78 is 0. The number of hydrogen-bond donors (Lipinski definition) is 3. The lowest BCUT2D eigenvalue weighted by Gasteiger charge is -2.28. The Hall–Kier alpha value is -1.30. The largest absolute Gasteiger partial charge is 0.389 e. The molecule has 5 nitrogen and oxygen atoms in total. The van der Waals surface area contributed by atoms with Crippen LogP contribution in [0.1, 0.15) is 32.4 Å². The maximum atomic E-state index is 12.0. The van der Waals surface area contributed by atoms with E-state index in [2.05, 4.69) is 10.6 Å². The van der Waals surface area contributed by atoms with Gasteiger partial charge >= 0.3 is 0 Å². The zero-order chi connectivity index (χ0) is 15.8. The van der Waals surface area contributed by atoms with Gasteiger partial charge in [0.05, 0.1) is 16.3 Å². The number of carbonyl (C=O) groups is 1. The number of fused-ring (bicyclic) bond motifs is 1. The van der Waals surface area contributed by atoms with E-state index < -0.39 is 5.60 Å². The van der Waals surface area contributed by atoms with Gasteiger partial charge in [0.25, 0.3) is 0 Å². The van der Waals surface area contributed by atoms with Crippen molar-refractivity contribution in [3.05, 3.63) is 22.7 Å². The number of rotatable bonds is 5. The van der Waals surface area contributed by atoms with Gasteiger partial charge in [0.15, 0.2) is 0 Å². The second-order valence-corrected chi connectivity index (χ2v) is 6.45. The molecule has 0 aliphatic carbocycles. The van der Waals surface area contributed by atoms with Crippen molar-refractivity contribution in [3.8, 4) is 0 Å². The minimum absolute atomic E-state index is 0.0646. The van der Waals surface area contributed by atoms with Crippen LogP contribution >= 0.6 is 11.6 Å². The molecule has 6 heteroatoms. The molecule has 1 atom stereocenters. The van der Waals surface area contributed by atoms with Crippen molar-refractivity contribution < 1.29 is 9.90 Å². The van der Waals surface area contributed by atoms with Crippen LogP contribution in [-0.4, -0.2) is 36.8 Å². The quantitative estimate of drug-likeness (QED) is 0.779. The van der Waals surface area contributed by atoms with Gasteiger partial charge in [0.1, 0.15) is 6.04 Å². The summed E-state index contributed by atoms with van der Waals surface area (Å²) in [7, 11) is 1.87. The highest BCUT2D eigenvalue weighted by Crippen LogP contribution is 2.38. The summed E-state index contributed by atoms with van der Waals surface area (Å²) in [6, 6.07) is 3.33. The van der Waals surface area contributed by atoms with E-state index in [1.54, 1.807) is 13.8 Å². The van der Waals surface area contributed by atoms with Crippen LogP contribution in [0, 0.1) is 0 Å². The second kappa shape index (κ2) is 5.83. The highest BCUT2D eigenvalue weighted by atomic mass is 35.5. The summed E-state index contributed by atoms with van der Waals surface area (Å²) >= 11 is 6.35. The predicted molar refractivity (Wildman–Crippen MR) is 86.1 cm³/mol. The lowest BCUT2D eigenvalue weighted by atomic mass is 10.1. The molecular formula is C15H22ClN3O2. The number of nitrogens with zero attached hydrogens (tertiary/aromatic N) is 1. The van der Waals surface area contributed by atoms with Gasteiger partial charge < -0.3 is 20.6 Å². The van der Waals surface area contributed by atoms with Crippen molar-refractivity contribution in [2.24, 2.45) is 0 Å². The van der Waals surface area contributed by atoms with Crippen molar-refractivity contribution in [2.45, 2.75) is 32.4 Å². The Labute approximate surface area is 130 Å². The van der Waals surface area contributed by atoms with Gasteiger partial charge in [0, 0.05) is 24.8 Å². The van der Waals surface area contributed by atoms with Crippen molar-refractivity contribution in [2.75, 3.05) is 30.4 Å². The molecular weight excluding hydrogens is 290 g/mol. The molecule has 0 radical (unpaired) electrons. The molecule has 1 aliphatic heterocycles. The van der Waals surface area contributed by atoms with Crippen LogP contribution in [-0.2, 0) is 4.79 Å². The first-order valence-electron chi connectivity index (χ1n) is 7.04. The van der Waals surface area contributed by atoms with Crippen molar-refractivity contribution >= 4 is 28.9 Å². The number of anilines is 2. The Kier molecular flexibility index (Phi) is 4.46. The van der Waals surface area contributed by atoms with E-state index in [1.165, 1.54) is 0 Å². The minimum Gasteiger partial charge on any atom is -0.389 e. The van der Waals surface area contributed by atoms with Gasteiger partial charge in [0.2, 0.25) is 5.91 Å². The Morgan fingerprint density at radius 3 is 2.71 bits per heavy atom. The fourth-order valence-corrected chi connectivity index (χ4v) is 2.95. The summed E-state index contributed by atoms with van der Waals surface area (Å²) in [6.45, 7) is 6.59. The third-order valence-corrected chi connectivity index (χ3v) is 3.70. The molecule has 0 saturated carbocycles. The van der Waals surface area contributed by atoms with E-state index in [4.69, 9.17) is 11.6 Å². The zero-order valence-electron chi connectivity index (χ0n) is 12.8. The van der Waals surface area contributed by atoms with Crippen molar-refractivity contribution in [3.63, 3.8) is 0 Å². The van der Waals surface area contributed by atoms with Crippen molar-refractivity contribution in [1.82, 2.24) is 5.32 Å². The highest BCUT2D eigenvalue weighted by molar-refractivity contribution is 6.33. The molecule has 1 heterocycles. The Balaban J connectivity index is 2.33. The minimum atomic E-state index is -0.827. The molecule has 0 spiro atoms. The van der Waals surface area contributed by atoms with Gasteiger partial charge in [-0.3, -0.25) is 4.79 Å². The molecule has 0 fully saturated rings. The van der Waals surface area contributed by atoms with E-state index >= 15 is 0 Å². The summed E-state index contributed by atoms with van der Waals surface area (Å²) in [6.07, 6.45) is 0. The third kappa shape index (κ3) is 3.48. The maximum absolute atomic E-state index is 12.0. The monoisotopic (exact) mass is 311 g/mol. The van der Waals surface area contributed by atoms with Crippen molar-refractivity contribution in [1.29, 1.82) is 0 Å². The fourth-order valence-electron chi connectivity index (χ4n) is 2.64. The average Bonchev–Trinajstić information content (AvgIpc) is 2.63. The van der Waals surface area contributed by atoms with Crippen LogP contribution in [0.2, 0.25) is 5.02 Å². The first-order chi connectivity index (χ1) is 9.73. The van der Waals surface area contributed by atoms with Crippen LogP contribution in [0.15, 0.2) is 12.1 Å². The highest BCUT2D eigenvalue weighted by Gasteiger charge is 2.31. The number of carbonyl (C=O) groups excluding carboxylic acids is 1. The first-order valence-corrected chi connectivity index (χ1v) is 7.42. The van der Waals surface area contributed by atoms with E-state index in [-0.39, 0.29) is 11.9 Å².